The summed E-state index contributed by atoms with van der Waals surface area (Å²) in [5.74, 6) is 1.96. The van der Waals surface area contributed by atoms with Crippen molar-refractivity contribution in [2.75, 3.05) is 5.75 Å². The van der Waals surface area contributed by atoms with Gasteiger partial charge in [-0.15, -0.1) is 0 Å². The third-order valence-electron chi connectivity index (χ3n) is 4.98. The highest BCUT2D eigenvalue weighted by Crippen LogP contribution is 2.47. The fourth-order valence-corrected chi connectivity index (χ4v) is 5.42. The van der Waals surface area contributed by atoms with Crippen LogP contribution in [-0.2, 0) is 6.42 Å². The Morgan fingerprint density at radius 1 is 1.19 bits per heavy atom. The lowest BCUT2D eigenvalue weighted by atomic mass is 9.81. The maximum Gasteiger partial charge on any atom is 0.0368 e. The van der Waals surface area contributed by atoms with Gasteiger partial charge in [0.15, 0.2) is 0 Å². The number of benzene rings is 1. The highest BCUT2D eigenvalue weighted by molar-refractivity contribution is 7.99. The predicted molar refractivity (Wildman–Crippen MR) is 94.8 cm³/mol. The van der Waals surface area contributed by atoms with Crippen molar-refractivity contribution >= 4 is 11.8 Å². The second-order valence-corrected chi connectivity index (χ2v) is 7.36. The average Bonchev–Trinajstić information content (AvgIpc) is 2.56. The van der Waals surface area contributed by atoms with Crippen LogP contribution in [0.1, 0.15) is 55.9 Å². The Morgan fingerprint density at radius 3 is 2.86 bits per heavy atom. The third-order valence-corrected chi connectivity index (χ3v) is 6.36. The van der Waals surface area contributed by atoms with E-state index in [2.05, 4.69) is 62.0 Å². The smallest absolute Gasteiger partial charge is 0.0368 e. The molecular formula is C20H26S. The molecule has 1 heterocycles. The number of allylic oxidation sites excluding steroid dienone is 4. The Kier molecular flexibility index (Phi) is 4.90. The minimum absolute atomic E-state index is 0.652. The van der Waals surface area contributed by atoms with Crippen LogP contribution < -0.4 is 0 Å². The molecule has 112 valence electrons. The molecule has 0 aromatic heterocycles. The SMILES string of the molecule is CCC1=C(C(CC)C2SCCc3ccccc32)C=CCC1. The number of hydrogen-bond acceptors (Lipinski definition) is 1. The van der Waals surface area contributed by atoms with Crippen molar-refractivity contribution in [1.29, 1.82) is 0 Å². The molecule has 0 radical (unpaired) electrons. The Balaban J connectivity index is 1.98. The molecule has 0 saturated carbocycles. The Hall–Kier alpha value is -0.950. The predicted octanol–water partition coefficient (Wildman–Crippen LogP) is 6.10. The van der Waals surface area contributed by atoms with Gasteiger partial charge in [-0.2, -0.15) is 11.8 Å². The Bertz CT molecular complexity index is 553. The van der Waals surface area contributed by atoms with Crippen LogP contribution in [0, 0.1) is 5.92 Å². The highest BCUT2D eigenvalue weighted by Gasteiger charge is 2.30. The van der Waals surface area contributed by atoms with E-state index in [9.17, 15) is 0 Å². The fourth-order valence-electron chi connectivity index (χ4n) is 3.85. The molecule has 2 unspecified atom stereocenters. The van der Waals surface area contributed by atoms with E-state index in [1.165, 1.54) is 37.9 Å². The zero-order valence-corrected chi connectivity index (χ0v) is 14.1. The zero-order valence-electron chi connectivity index (χ0n) is 13.3. The molecule has 0 nitrogen and oxygen atoms in total. The Labute approximate surface area is 133 Å². The summed E-state index contributed by atoms with van der Waals surface area (Å²) in [4.78, 5) is 0. The van der Waals surface area contributed by atoms with Gasteiger partial charge in [-0.25, -0.2) is 0 Å². The molecule has 0 N–H and O–H groups in total. The highest BCUT2D eigenvalue weighted by atomic mass is 32.2. The number of hydrogen-bond donors (Lipinski definition) is 0. The van der Waals surface area contributed by atoms with Gasteiger partial charge in [0.1, 0.15) is 0 Å². The van der Waals surface area contributed by atoms with E-state index in [0.29, 0.717) is 11.2 Å². The summed E-state index contributed by atoms with van der Waals surface area (Å²) in [6.45, 7) is 4.69. The molecule has 21 heavy (non-hydrogen) atoms. The van der Waals surface area contributed by atoms with E-state index >= 15 is 0 Å². The first-order valence-corrected chi connectivity index (χ1v) is 9.47. The van der Waals surface area contributed by atoms with E-state index in [4.69, 9.17) is 0 Å². The first kappa shape index (κ1) is 15.0. The van der Waals surface area contributed by atoms with Crippen LogP contribution in [0.3, 0.4) is 0 Å². The maximum absolute atomic E-state index is 2.44. The average molecular weight is 298 g/mol. The molecule has 1 heteroatoms. The van der Waals surface area contributed by atoms with Gasteiger partial charge in [-0.1, -0.05) is 55.8 Å². The molecular weight excluding hydrogens is 272 g/mol. The summed E-state index contributed by atoms with van der Waals surface area (Å²) >= 11 is 2.18. The van der Waals surface area contributed by atoms with Gasteiger partial charge in [0.05, 0.1) is 0 Å². The monoisotopic (exact) mass is 298 g/mol. The topological polar surface area (TPSA) is 0 Å². The Morgan fingerprint density at radius 2 is 2.05 bits per heavy atom. The number of rotatable bonds is 4. The van der Waals surface area contributed by atoms with Gasteiger partial charge < -0.3 is 0 Å². The number of aryl methyl sites for hydroxylation is 1. The van der Waals surface area contributed by atoms with E-state index in [1.54, 1.807) is 22.3 Å². The minimum atomic E-state index is 0.652. The summed E-state index contributed by atoms with van der Waals surface area (Å²) < 4.78 is 0. The van der Waals surface area contributed by atoms with Crippen LogP contribution in [0.25, 0.3) is 0 Å². The minimum Gasteiger partial charge on any atom is -0.153 e. The standard InChI is InChI=1S/C20H26S/c1-3-15-9-5-7-11-18(15)17(4-2)20-19-12-8-6-10-16(19)13-14-21-20/h6-8,10-12,17,20H,3-5,9,13-14H2,1-2H3. The molecule has 1 aliphatic heterocycles. The van der Waals surface area contributed by atoms with Gasteiger partial charge in [0, 0.05) is 5.25 Å². The lowest BCUT2D eigenvalue weighted by molar-refractivity contribution is 0.568. The number of fused-ring (bicyclic) bond motifs is 1. The second-order valence-electron chi connectivity index (χ2n) is 6.11. The van der Waals surface area contributed by atoms with Crippen LogP contribution >= 0.6 is 11.8 Å². The first-order valence-electron chi connectivity index (χ1n) is 8.43. The van der Waals surface area contributed by atoms with E-state index < -0.39 is 0 Å². The van der Waals surface area contributed by atoms with Crippen molar-refractivity contribution < 1.29 is 0 Å². The molecule has 0 amide bonds. The molecule has 1 aromatic carbocycles. The molecule has 0 saturated heterocycles. The molecule has 1 aromatic rings. The summed E-state index contributed by atoms with van der Waals surface area (Å²) in [5.41, 5.74) is 6.54. The molecule has 0 fully saturated rings. The normalized spacial score (nSPS) is 23.0. The molecule has 0 spiro atoms. The van der Waals surface area contributed by atoms with Crippen LogP contribution in [-0.4, -0.2) is 5.75 Å². The second kappa shape index (κ2) is 6.87. The molecule has 3 rings (SSSR count). The van der Waals surface area contributed by atoms with Crippen molar-refractivity contribution in [3.63, 3.8) is 0 Å². The van der Waals surface area contributed by atoms with E-state index in [0.717, 1.165) is 0 Å². The summed E-state index contributed by atoms with van der Waals surface area (Å²) in [5, 5.41) is 0.652. The summed E-state index contributed by atoms with van der Waals surface area (Å²) in [6, 6.07) is 9.12. The number of thioether (sulfide) groups is 1. The lowest BCUT2D eigenvalue weighted by Gasteiger charge is -2.34. The third kappa shape index (κ3) is 2.99. The first-order chi connectivity index (χ1) is 10.3. The lowest BCUT2D eigenvalue weighted by Crippen LogP contribution is -2.19. The van der Waals surface area contributed by atoms with Crippen LogP contribution in [0.4, 0.5) is 0 Å². The van der Waals surface area contributed by atoms with Gasteiger partial charge in [-0.05, 0) is 60.5 Å². The van der Waals surface area contributed by atoms with Crippen molar-refractivity contribution in [3.8, 4) is 0 Å². The van der Waals surface area contributed by atoms with Gasteiger partial charge in [0.25, 0.3) is 0 Å². The van der Waals surface area contributed by atoms with Crippen LogP contribution in [0.5, 0.6) is 0 Å². The van der Waals surface area contributed by atoms with E-state index in [-0.39, 0.29) is 0 Å². The van der Waals surface area contributed by atoms with Gasteiger partial charge in [0.2, 0.25) is 0 Å². The van der Waals surface area contributed by atoms with Crippen molar-refractivity contribution in [2.24, 2.45) is 5.92 Å². The van der Waals surface area contributed by atoms with Gasteiger partial charge >= 0.3 is 0 Å². The van der Waals surface area contributed by atoms with E-state index in [1.807, 2.05) is 0 Å². The molecule has 1 aliphatic carbocycles. The molecule has 0 bridgehead atoms. The van der Waals surface area contributed by atoms with Crippen LogP contribution in [0.2, 0.25) is 0 Å². The molecule has 2 atom stereocenters. The summed E-state index contributed by atoms with van der Waals surface area (Å²) in [6.07, 6.45) is 11.0. The summed E-state index contributed by atoms with van der Waals surface area (Å²) in [7, 11) is 0. The molecule has 2 aliphatic rings. The quantitative estimate of drug-likeness (QED) is 0.647. The maximum atomic E-state index is 2.44. The van der Waals surface area contributed by atoms with Gasteiger partial charge in [-0.3, -0.25) is 0 Å². The largest absolute Gasteiger partial charge is 0.153 e. The van der Waals surface area contributed by atoms with Crippen molar-refractivity contribution in [3.05, 3.63) is 58.7 Å². The van der Waals surface area contributed by atoms with Crippen molar-refractivity contribution in [1.82, 2.24) is 0 Å². The fraction of sp³-hybridized carbons (Fsp3) is 0.500. The zero-order chi connectivity index (χ0) is 14.7. The van der Waals surface area contributed by atoms with Crippen molar-refractivity contribution in [2.45, 2.75) is 51.2 Å². The van der Waals surface area contributed by atoms with Crippen LogP contribution in [0.15, 0.2) is 47.6 Å².